The van der Waals surface area contributed by atoms with Gasteiger partial charge in [0, 0.05) is 36.7 Å². The number of likely N-dealkylation sites (tertiary alicyclic amines) is 1. The molecule has 0 bridgehead atoms. The summed E-state index contributed by atoms with van der Waals surface area (Å²) in [5, 5.41) is 12.3. The molecule has 6 heteroatoms. The molecule has 2 aromatic heterocycles. The summed E-state index contributed by atoms with van der Waals surface area (Å²) in [7, 11) is 2.12. The molecule has 3 aromatic rings. The molecule has 1 saturated heterocycles. The number of piperidine rings is 1. The van der Waals surface area contributed by atoms with Gasteiger partial charge < -0.3 is 4.57 Å². The van der Waals surface area contributed by atoms with Gasteiger partial charge in [0.05, 0.1) is 0 Å². The molecular formula is C21H26N4S2. The van der Waals surface area contributed by atoms with E-state index in [-0.39, 0.29) is 0 Å². The van der Waals surface area contributed by atoms with Crippen molar-refractivity contribution >= 4 is 23.1 Å². The fourth-order valence-corrected chi connectivity index (χ4v) is 5.53. The standard InChI is InChI=1S/C21H26N4S2/c1-16-10-12-26-19(16)14-25-11-6-9-18(13-25)20-22-23-21(24(20)2)27-15-17-7-4-3-5-8-17/h3-5,7-8,10,12,18H,6,9,11,13-15H2,1-2H3/t18-/m1/s1. The summed E-state index contributed by atoms with van der Waals surface area (Å²) in [5.74, 6) is 2.54. The maximum absolute atomic E-state index is 4.57. The molecule has 1 aromatic carbocycles. The molecule has 3 heterocycles. The number of aryl methyl sites for hydroxylation is 1. The quantitative estimate of drug-likeness (QED) is 0.556. The molecular weight excluding hydrogens is 372 g/mol. The first-order valence-electron chi connectivity index (χ1n) is 9.52. The number of aromatic nitrogens is 3. The van der Waals surface area contributed by atoms with Gasteiger partial charge in [-0.1, -0.05) is 42.1 Å². The van der Waals surface area contributed by atoms with Crippen LogP contribution in [0.25, 0.3) is 0 Å². The summed E-state index contributed by atoms with van der Waals surface area (Å²) >= 11 is 3.64. The minimum atomic E-state index is 0.475. The van der Waals surface area contributed by atoms with Gasteiger partial charge in [-0.05, 0) is 48.9 Å². The van der Waals surface area contributed by atoms with Gasteiger partial charge >= 0.3 is 0 Å². The third kappa shape index (κ3) is 4.45. The van der Waals surface area contributed by atoms with E-state index in [4.69, 9.17) is 0 Å². The third-order valence-corrected chi connectivity index (χ3v) is 7.38. The average molecular weight is 399 g/mol. The number of thiophene rings is 1. The fourth-order valence-electron chi connectivity index (χ4n) is 3.71. The van der Waals surface area contributed by atoms with E-state index >= 15 is 0 Å². The van der Waals surface area contributed by atoms with E-state index < -0.39 is 0 Å². The van der Waals surface area contributed by atoms with Crippen LogP contribution in [0.15, 0.2) is 46.9 Å². The summed E-state index contributed by atoms with van der Waals surface area (Å²) in [4.78, 5) is 4.08. The molecule has 1 aliphatic rings. The molecule has 0 amide bonds. The SMILES string of the molecule is Cc1ccsc1CN1CCC[C@@H](c2nnc(SCc3ccccc3)n2C)C1. The topological polar surface area (TPSA) is 34.0 Å². The summed E-state index contributed by atoms with van der Waals surface area (Å²) in [6, 6.07) is 12.8. The molecule has 1 aliphatic heterocycles. The average Bonchev–Trinajstić information content (AvgIpc) is 3.27. The van der Waals surface area contributed by atoms with Gasteiger partial charge in [0.2, 0.25) is 0 Å². The molecule has 0 aliphatic carbocycles. The predicted octanol–water partition coefficient (Wildman–Crippen LogP) is 4.86. The lowest BCUT2D eigenvalue weighted by Gasteiger charge is -2.32. The molecule has 1 atom stereocenters. The highest BCUT2D eigenvalue weighted by Crippen LogP contribution is 2.30. The second-order valence-electron chi connectivity index (χ2n) is 7.28. The number of hydrogen-bond donors (Lipinski definition) is 0. The molecule has 142 valence electrons. The normalized spacial score (nSPS) is 18.1. The highest BCUT2D eigenvalue weighted by molar-refractivity contribution is 7.98. The monoisotopic (exact) mass is 398 g/mol. The van der Waals surface area contributed by atoms with Crippen molar-refractivity contribution in [1.82, 2.24) is 19.7 Å². The molecule has 1 fully saturated rings. The van der Waals surface area contributed by atoms with E-state index in [2.05, 4.69) is 75.4 Å². The lowest BCUT2D eigenvalue weighted by molar-refractivity contribution is 0.196. The van der Waals surface area contributed by atoms with E-state index in [9.17, 15) is 0 Å². The largest absolute Gasteiger partial charge is 0.309 e. The Morgan fingerprint density at radius 2 is 2.04 bits per heavy atom. The van der Waals surface area contributed by atoms with Crippen molar-refractivity contribution in [2.24, 2.45) is 7.05 Å². The van der Waals surface area contributed by atoms with Crippen molar-refractivity contribution < 1.29 is 0 Å². The van der Waals surface area contributed by atoms with Crippen LogP contribution in [0.2, 0.25) is 0 Å². The minimum absolute atomic E-state index is 0.475. The second-order valence-corrected chi connectivity index (χ2v) is 9.22. The van der Waals surface area contributed by atoms with Crippen LogP contribution in [-0.4, -0.2) is 32.8 Å². The predicted molar refractivity (Wildman–Crippen MR) is 113 cm³/mol. The van der Waals surface area contributed by atoms with Crippen LogP contribution in [0.5, 0.6) is 0 Å². The van der Waals surface area contributed by atoms with Crippen molar-refractivity contribution in [2.75, 3.05) is 13.1 Å². The number of nitrogens with zero attached hydrogens (tertiary/aromatic N) is 4. The lowest BCUT2D eigenvalue weighted by atomic mass is 9.97. The van der Waals surface area contributed by atoms with E-state index in [0.717, 1.165) is 29.8 Å². The lowest BCUT2D eigenvalue weighted by Crippen LogP contribution is -2.34. The number of rotatable bonds is 6. The first kappa shape index (κ1) is 18.7. The molecule has 0 unspecified atom stereocenters. The minimum Gasteiger partial charge on any atom is -0.309 e. The molecule has 4 rings (SSSR count). The highest BCUT2D eigenvalue weighted by Gasteiger charge is 2.26. The van der Waals surface area contributed by atoms with Crippen molar-refractivity contribution in [3.63, 3.8) is 0 Å². The Morgan fingerprint density at radius 1 is 1.19 bits per heavy atom. The Hall–Kier alpha value is -1.63. The van der Waals surface area contributed by atoms with Crippen LogP contribution < -0.4 is 0 Å². The van der Waals surface area contributed by atoms with Gasteiger partial charge in [-0.15, -0.1) is 21.5 Å². The van der Waals surface area contributed by atoms with Crippen molar-refractivity contribution in [1.29, 1.82) is 0 Å². The second kappa shape index (κ2) is 8.59. The Kier molecular flexibility index (Phi) is 5.95. The zero-order chi connectivity index (χ0) is 18.6. The van der Waals surface area contributed by atoms with E-state index in [1.807, 2.05) is 11.3 Å². The number of thioether (sulfide) groups is 1. The van der Waals surface area contributed by atoms with E-state index in [0.29, 0.717) is 5.92 Å². The Labute approximate surface area is 169 Å². The molecule has 0 radical (unpaired) electrons. The first-order chi connectivity index (χ1) is 13.2. The van der Waals surface area contributed by atoms with Crippen LogP contribution in [0, 0.1) is 6.92 Å². The molecule has 0 saturated carbocycles. The van der Waals surface area contributed by atoms with Crippen LogP contribution >= 0.6 is 23.1 Å². The summed E-state index contributed by atoms with van der Waals surface area (Å²) in [6.45, 7) is 5.54. The van der Waals surface area contributed by atoms with Gasteiger partial charge in [0.25, 0.3) is 0 Å². The Morgan fingerprint density at radius 3 is 2.81 bits per heavy atom. The zero-order valence-electron chi connectivity index (χ0n) is 16.0. The summed E-state index contributed by atoms with van der Waals surface area (Å²) in [5.41, 5.74) is 2.74. The highest BCUT2D eigenvalue weighted by atomic mass is 32.2. The van der Waals surface area contributed by atoms with Gasteiger partial charge in [-0.25, -0.2) is 0 Å². The molecule has 0 spiro atoms. The third-order valence-electron chi connectivity index (χ3n) is 5.29. The number of hydrogen-bond acceptors (Lipinski definition) is 5. The number of benzene rings is 1. The van der Waals surface area contributed by atoms with Crippen molar-refractivity contribution in [2.45, 2.75) is 43.1 Å². The van der Waals surface area contributed by atoms with Gasteiger partial charge in [0.1, 0.15) is 5.82 Å². The van der Waals surface area contributed by atoms with E-state index in [1.54, 1.807) is 11.8 Å². The first-order valence-corrected chi connectivity index (χ1v) is 11.4. The fraction of sp³-hybridized carbons (Fsp3) is 0.429. The van der Waals surface area contributed by atoms with Crippen molar-refractivity contribution in [3.05, 3.63) is 63.6 Å². The van der Waals surface area contributed by atoms with Crippen LogP contribution in [0.3, 0.4) is 0 Å². The Balaban J connectivity index is 1.40. The van der Waals surface area contributed by atoms with Crippen LogP contribution in [-0.2, 0) is 19.3 Å². The van der Waals surface area contributed by atoms with Gasteiger partial charge in [0.15, 0.2) is 5.16 Å². The summed E-state index contributed by atoms with van der Waals surface area (Å²) < 4.78 is 2.21. The molecule has 0 N–H and O–H groups in total. The van der Waals surface area contributed by atoms with Gasteiger partial charge in [-0.3, -0.25) is 4.90 Å². The van der Waals surface area contributed by atoms with Gasteiger partial charge in [-0.2, -0.15) is 0 Å². The zero-order valence-corrected chi connectivity index (χ0v) is 17.6. The van der Waals surface area contributed by atoms with Crippen LogP contribution in [0.4, 0.5) is 0 Å². The smallest absolute Gasteiger partial charge is 0.191 e. The molecule has 4 nitrogen and oxygen atoms in total. The van der Waals surface area contributed by atoms with Crippen molar-refractivity contribution in [3.8, 4) is 0 Å². The maximum atomic E-state index is 4.57. The van der Waals surface area contributed by atoms with Crippen LogP contribution in [0.1, 0.15) is 40.6 Å². The Bertz CT molecular complexity index is 871. The van der Waals surface area contributed by atoms with E-state index in [1.165, 1.54) is 35.4 Å². The maximum Gasteiger partial charge on any atom is 0.191 e. The molecule has 27 heavy (non-hydrogen) atoms. The summed E-state index contributed by atoms with van der Waals surface area (Å²) in [6.07, 6.45) is 2.43.